The van der Waals surface area contributed by atoms with Gasteiger partial charge in [-0.2, -0.15) is 0 Å². The first-order valence-corrected chi connectivity index (χ1v) is 7.63. The molecule has 0 bridgehead atoms. The van der Waals surface area contributed by atoms with E-state index >= 15 is 0 Å². The van der Waals surface area contributed by atoms with Crippen LogP contribution in [0.25, 0.3) is 11.3 Å². The number of halogens is 1. The lowest BCUT2D eigenvalue weighted by Gasteiger charge is -2.16. The molecular weight excluding hydrogens is 314 g/mol. The van der Waals surface area contributed by atoms with Crippen LogP contribution in [0.1, 0.15) is 21.5 Å². The maximum absolute atomic E-state index is 12.6. The predicted octanol–water partition coefficient (Wildman–Crippen LogP) is 3.22. The van der Waals surface area contributed by atoms with Crippen molar-refractivity contribution in [2.75, 3.05) is 13.2 Å². The van der Waals surface area contributed by atoms with Crippen molar-refractivity contribution < 1.29 is 14.3 Å². The zero-order valence-electron chi connectivity index (χ0n) is 12.1. The number of amides is 1. The SMILES string of the molecule is O=C1OCCN2C(=O)c3ccccc3C2=C1c1ccc(Cl)cc1. The van der Waals surface area contributed by atoms with E-state index in [1.165, 1.54) is 0 Å². The second kappa shape index (κ2) is 5.25. The monoisotopic (exact) mass is 325 g/mol. The number of carbonyl (C=O) groups is 2. The molecule has 0 spiro atoms. The van der Waals surface area contributed by atoms with Crippen molar-refractivity contribution in [3.63, 3.8) is 0 Å². The first-order valence-electron chi connectivity index (χ1n) is 7.25. The largest absolute Gasteiger partial charge is 0.460 e. The Morgan fingerprint density at radius 2 is 1.65 bits per heavy atom. The highest BCUT2D eigenvalue weighted by atomic mass is 35.5. The molecule has 0 N–H and O–H groups in total. The third kappa shape index (κ3) is 2.14. The van der Waals surface area contributed by atoms with Crippen LogP contribution in [0, 0.1) is 0 Å². The molecule has 0 unspecified atom stereocenters. The third-order valence-electron chi connectivity index (χ3n) is 4.05. The fourth-order valence-corrected chi connectivity index (χ4v) is 3.15. The maximum atomic E-state index is 12.6. The molecular formula is C18H12ClNO3. The molecule has 0 saturated carbocycles. The van der Waals surface area contributed by atoms with E-state index in [-0.39, 0.29) is 12.5 Å². The molecule has 2 heterocycles. The van der Waals surface area contributed by atoms with E-state index in [0.29, 0.717) is 34.0 Å². The molecule has 0 radical (unpaired) electrons. The number of ether oxygens (including phenoxy) is 1. The molecule has 5 heteroatoms. The van der Waals surface area contributed by atoms with Gasteiger partial charge in [-0.05, 0) is 23.8 Å². The summed E-state index contributed by atoms with van der Waals surface area (Å²) < 4.78 is 5.28. The van der Waals surface area contributed by atoms with Crippen LogP contribution in [-0.4, -0.2) is 29.9 Å². The van der Waals surface area contributed by atoms with Gasteiger partial charge >= 0.3 is 5.97 Å². The summed E-state index contributed by atoms with van der Waals surface area (Å²) in [6.07, 6.45) is 0. The number of hydrogen-bond acceptors (Lipinski definition) is 3. The fraction of sp³-hybridized carbons (Fsp3) is 0.111. The van der Waals surface area contributed by atoms with E-state index < -0.39 is 5.97 Å². The Morgan fingerprint density at radius 1 is 0.957 bits per heavy atom. The molecule has 0 saturated heterocycles. The van der Waals surface area contributed by atoms with Crippen LogP contribution >= 0.6 is 11.6 Å². The lowest BCUT2D eigenvalue weighted by molar-refractivity contribution is -0.136. The van der Waals surface area contributed by atoms with E-state index in [1.807, 2.05) is 18.2 Å². The second-order valence-corrected chi connectivity index (χ2v) is 5.81. The molecule has 4 nitrogen and oxygen atoms in total. The van der Waals surface area contributed by atoms with E-state index in [0.717, 1.165) is 5.56 Å². The number of nitrogens with zero attached hydrogens (tertiary/aromatic N) is 1. The van der Waals surface area contributed by atoms with Gasteiger partial charge in [0.05, 0.1) is 17.8 Å². The quantitative estimate of drug-likeness (QED) is 0.756. The summed E-state index contributed by atoms with van der Waals surface area (Å²) >= 11 is 5.94. The van der Waals surface area contributed by atoms with Crippen molar-refractivity contribution in [2.24, 2.45) is 0 Å². The van der Waals surface area contributed by atoms with Crippen LogP contribution in [0.3, 0.4) is 0 Å². The number of esters is 1. The summed E-state index contributed by atoms with van der Waals surface area (Å²) in [7, 11) is 0. The average Bonchev–Trinajstić information content (AvgIpc) is 2.72. The molecule has 0 fully saturated rings. The standard InChI is InChI=1S/C18H12ClNO3/c19-12-7-5-11(6-8-12)15-16-13-3-1-2-4-14(13)17(21)20(16)9-10-23-18(15)22/h1-8H,9-10H2. The van der Waals surface area contributed by atoms with Crippen molar-refractivity contribution in [3.05, 3.63) is 70.2 Å². The normalized spacial score (nSPS) is 16.8. The first kappa shape index (κ1) is 14.0. The summed E-state index contributed by atoms with van der Waals surface area (Å²) in [6, 6.07) is 14.3. The number of fused-ring (bicyclic) bond motifs is 3. The molecule has 4 rings (SSSR count). The van der Waals surface area contributed by atoms with Crippen LogP contribution < -0.4 is 0 Å². The van der Waals surface area contributed by atoms with Crippen LogP contribution in [0.15, 0.2) is 48.5 Å². The Labute approximate surface area is 137 Å². The molecule has 2 aliphatic heterocycles. The second-order valence-electron chi connectivity index (χ2n) is 5.37. The van der Waals surface area contributed by atoms with E-state index in [4.69, 9.17) is 16.3 Å². The van der Waals surface area contributed by atoms with Gasteiger partial charge in [0.1, 0.15) is 6.61 Å². The van der Waals surface area contributed by atoms with Crippen molar-refractivity contribution in [1.82, 2.24) is 4.90 Å². The van der Waals surface area contributed by atoms with Gasteiger partial charge in [-0.15, -0.1) is 0 Å². The lowest BCUT2D eigenvalue weighted by atomic mass is 9.99. The lowest BCUT2D eigenvalue weighted by Crippen LogP contribution is -2.25. The van der Waals surface area contributed by atoms with Crippen molar-refractivity contribution in [1.29, 1.82) is 0 Å². The zero-order valence-corrected chi connectivity index (χ0v) is 12.8. The summed E-state index contributed by atoms with van der Waals surface area (Å²) in [5, 5.41) is 0.584. The minimum absolute atomic E-state index is 0.0969. The molecule has 2 aliphatic rings. The van der Waals surface area contributed by atoms with Crippen LogP contribution in [0.2, 0.25) is 5.02 Å². The zero-order chi connectivity index (χ0) is 16.0. The van der Waals surface area contributed by atoms with Gasteiger partial charge in [-0.3, -0.25) is 4.79 Å². The van der Waals surface area contributed by atoms with Crippen LogP contribution in [-0.2, 0) is 9.53 Å². The van der Waals surface area contributed by atoms with Crippen LogP contribution in [0.4, 0.5) is 0 Å². The molecule has 23 heavy (non-hydrogen) atoms. The van der Waals surface area contributed by atoms with Gasteiger partial charge in [0.15, 0.2) is 0 Å². The van der Waals surface area contributed by atoms with E-state index in [1.54, 1.807) is 35.2 Å². The predicted molar refractivity (Wildman–Crippen MR) is 86.7 cm³/mol. The highest BCUT2D eigenvalue weighted by Gasteiger charge is 2.38. The Bertz CT molecular complexity index is 855. The van der Waals surface area contributed by atoms with Crippen molar-refractivity contribution >= 4 is 34.7 Å². The molecule has 0 aliphatic carbocycles. The Morgan fingerprint density at radius 3 is 2.39 bits per heavy atom. The van der Waals surface area contributed by atoms with E-state index in [2.05, 4.69) is 0 Å². The van der Waals surface area contributed by atoms with E-state index in [9.17, 15) is 9.59 Å². The number of carbonyl (C=O) groups excluding carboxylic acids is 2. The molecule has 0 aromatic heterocycles. The molecule has 114 valence electrons. The van der Waals surface area contributed by atoms with Gasteiger partial charge in [-0.25, -0.2) is 4.79 Å². The summed E-state index contributed by atoms with van der Waals surface area (Å²) in [4.78, 5) is 26.8. The van der Waals surface area contributed by atoms with Crippen LogP contribution in [0.5, 0.6) is 0 Å². The number of hydrogen-bond donors (Lipinski definition) is 0. The van der Waals surface area contributed by atoms with Crippen molar-refractivity contribution in [3.8, 4) is 0 Å². The minimum atomic E-state index is -0.422. The summed E-state index contributed by atoms with van der Waals surface area (Å²) in [5.41, 5.74) is 3.09. The molecule has 1 amide bonds. The highest BCUT2D eigenvalue weighted by Crippen LogP contribution is 2.39. The van der Waals surface area contributed by atoms with Gasteiger partial charge in [0.25, 0.3) is 5.91 Å². The Hall–Kier alpha value is -2.59. The first-order chi connectivity index (χ1) is 11.2. The number of rotatable bonds is 1. The number of cyclic esters (lactones) is 1. The Kier molecular flexibility index (Phi) is 3.20. The molecule has 2 aromatic carbocycles. The molecule has 2 aromatic rings. The molecule has 0 atom stereocenters. The van der Waals surface area contributed by atoms with Gasteiger partial charge < -0.3 is 9.64 Å². The summed E-state index contributed by atoms with van der Waals surface area (Å²) in [5.74, 6) is -0.519. The Balaban J connectivity index is 2.02. The van der Waals surface area contributed by atoms with Gasteiger partial charge in [-0.1, -0.05) is 41.9 Å². The van der Waals surface area contributed by atoms with Gasteiger partial charge in [0, 0.05) is 16.1 Å². The minimum Gasteiger partial charge on any atom is -0.460 e. The highest BCUT2D eigenvalue weighted by molar-refractivity contribution is 6.31. The average molecular weight is 326 g/mol. The summed E-state index contributed by atoms with van der Waals surface area (Å²) in [6.45, 7) is 0.533. The third-order valence-corrected chi connectivity index (χ3v) is 4.30. The smallest absolute Gasteiger partial charge is 0.340 e. The maximum Gasteiger partial charge on any atom is 0.340 e. The topological polar surface area (TPSA) is 46.6 Å². The number of benzene rings is 2. The van der Waals surface area contributed by atoms with Crippen molar-refractivity contribution in [2.45, 2.75) is 0 Å². The van der Waals surface area contributed by atoms with Gasteiger partial charge in [0.2, 0.25) is 0 Å². The fourth-order valence-electron chi connectivity index (χ4n) is 3.02.